The molecule has 0 spiro atoms. The Kier molecular flexibility index (Phi) is 4.46. The number of hydrogen-bond acceptors (Lipinski definition) is 4. The second-order valence-electron chi connectivity index (χ2n) is 6.95. The van der Waals surface area contributed by atoms with Crippen molar-refractivity contribution >= 4 is 11.8 Å². The molecule has 26 heavy (non-hydrogen) atoms. The summed E-state index contributed by atoms with van der Waals surface area (Å²) < 4.78 is 1.76. The third-order valence-electron chi connectivity index (χ3n) is 5.29. The van der Waals surface area contributed by atoms with E-state index in [9.17, 15) is 9.59 Å². The second-order valence-corrected chi connectivity index (χ2v) is 6.95. The number of aromatic nitrogens is 2. The van der Waals surface area contributed by atoms with Gasteiger partial charge in [0.2, 0.25) is 11.8 Å². The molecule has 2 amide bonds. The summed E-state index contributed by atoms with van der Waals surface area (Å²) in [6.07, 6.45) is 3.80. The third-order valence-corrected chi connectivity index (χ3v) is 5.29. The Morgan fingerprint density at radius 1 is 1.19 bits per heavy atom. The van der Waals surface area contributed by atoms with E-state index in [1.165, 1.54) is 0 Å². The van der Waals surface area contributed by atoms with Gasteiger partial charge in [-0.15, -0.1) is 0 Å². The highest BCUT2D eigenvalue weighted by Crippen LogP contribution is 2.32. The van der Waals surface area contributed by atoms with Gasteiger partial charge in [0, 0.05) is 45.3 Å². The minimum Gasteiger partial charge on any atom is -0.352 e. The molecule has 7 heteroatoms. The standard InChI is InChI=1S/C19H23N5O2/c1-23-12-14(9-22-23)15-10-20-11-16(15)19(26)24-8-7-21-18(25)17(24)13-5-3-2-4-6-13/h2-6,9,12,15-17,20H,7-8,10-11H2,1H3,(H,21,25)/t15-,16+,17?/m1/s1. The predicted molar refractivity (Wildman–Crippen MR) is 96.2 cm³/mol. The SMILES string of the molecule is Cn1cc([C@H]2CNC[C@@H]2C(=O)N2CCNC(=O)C2c2ccccc2)cn1. The Labute approximate surface area is 152 Å². The zero-order valence-electron chi connectivity index (χ0n) is 14.8. The van der Waals surface area contributed by atoms with Crippen LogP contribution in [0.15, 0.2) is 42.7 Å². The summed E-state index contributed by atoms with van der Waals surface area (Å²) in [5.41, 5.74) is 1.91. The third kappa shape index (κ3) is 2.99. The van der Waals surface area contributed by atoms with Gasteiger partial charge in [-0.25, -0.2) is 0 Å². The van der Waals surface area contributed by atoms with Crippen LogP contribution in [0.5, 0.6) is 0 Å². The number of nitrogens with one attached hydrogen (secondary N) is 2. The lowest BCUT2D eigenvalue weighted by Gasteiger charge is -2.37. The van der Waals surface area contributed by atoms with Gasteiger partial charge < -0.3 is 15.5 Å². The quantitative estimate of drug-likeness (QED) is 0.838. The van der Waals surface area contributed by atoms with Crippen LogP contribution >= 0.6 is 0 Å². The van der Waals surface area contributed by atoms with Crippen LogP contribution in [0.25, 0.3) is 0 Å². The summed E-state index contributed by atoms with van der Waals surface area (Å²) in [4.78, 5) is 27.7. The smallest absolute Gasteiger partial charge is 0.247 e. The molecule has 1 unspecified atom stereocenters. The molecule has 2 aromatic rings. The van der Waals surface area contributed by atoms with Gasteiger partial charge in [0.15, 0.2) is 0 Å². The summed E-state index contributed by atoms with van der Waals surface area (Å²) in [6.45, 7) is 2.39. The molecule has 0 saturated carbocycles. The van der Waals surface area contributed by atoms with Gasteiger partial charge in [-0.3, -0.25) is 14.3 Å². The first-order chi connectivity index (χ1) is 12.6. The number of aryl methyl sites for hydroxylation is 1. The molecule has 0 bridgehead atoms. The molecule has 0 radical (unpaired) electrons. The number of amides is 2. The van der Waals surface area contributed by atoms with Crippen LogP contribution in [0.1, 0.15) is 23.1 Å². The average Bonchev–Trinajstić information content (AvgIpc) is 3.30. The van der Waals surface area contributed by atoms with Crippen molar-refractivity contribution in [2.24, 2.45) is 13.0 Å². The maximum Gasteiger partial charge on any atom is 0.247 e. The Bertz CT molecular complexity index is 803. The number of benzene rings is 1. The molecule has 2 N–H and O–H groups in total. The molecule has 2 fully saturated rings. The van der Waals surface area contributed by atoms with E-state index >= 15 is 0 Å². The molecular formula is C19H23N5O2. The first-order valence-corrected chi connectivity index (χ1v) is 8.97. The minimum atomic E-state index is -0.562. The van der Waals surface area contributed by atoms with E-state index in [2.05, 4.69) is 15.7 Å². The molecule has 2 saturated heterocycles. The number of nitrogens with zero attached hydrogens (tertiary/aromatic N) is 3. The summed E-state index contributed by atoms with van der Waals surface area (Å²) in [5, 5.41) is 10.5. The van der Waals surface area contributed by atoms with E-state index in [0.29, 0.717) is 19.6 Å². The van der Waals surface area contributed by atoms with E-state index < -0.39 is 6.04 Å². The summed E-state index contributed by atoms with van der Waals surface area (Å²) in [6, 6.07) is 8.95. The van der Waals surface area contributed by atoms with Crippen molar-refractivity contribution in [1.29, 1.82) is 0 Å². The van der Waals surface area contributed by atoms with Crippen molar-refractivity contribution in [3.63, 3.8) is 0 Å². The topological polar surface area (TPSA) is 79.3 Å². The Morgan fingerprint density at radius 3 is 2.73 bits per heavy atom. The van der Waals surface area contributed by atoms with Crippen molar-refractivity contribution in [3.8, 4) is 0 Å². The van der Waals surface area contributed by atoms with Gasteiger partial charge in [0.25, 0.3) is 0 Å². The highest BCUT2D eigenvalue weighted by atomic mass is 16.2. The van der Waals surface area contributed by atoms with E-state index in [-0.39, 0.29) is 23.7 Å². The van der Waals surface area contributed by atoms with E-state index in [4.69, 9.17) is 0 Å². The van der Waals surface area contributed by atoms with Crippen LogP contribution < -0.4 is 10.6 Å². The lowest BCUT2D eigenvalue weighted by Crippen LogP contribution is -2.54. The molecule has 3 atom stereocenters. The first-order valence-electron chi connectivity index (χ1n) is 8.97. The van der Waals surface area contributed by atoms with Crippen LogP contribution in [0.2, 0.25) is 0 Å². The van der Waals surface area contributed by atoms with Crippen LogP contribution in [-0.2, 0) is 16.6 Å². The molecule has 7 nitrogen and oxygen atoms in total. The second kappa shape index (κ2) is 6.92. The molecule has 136 valence electrons. The maximum atomic E-state index is 13.4. The molecule has 2 aliphatic heterocycles. The van der Waals surface area contributed by atoms with Crippen molar-refractivity contribution in [3.05, 3.63) is 53.9 Å². The number of carbonyl (C=O) groups is 2. The molecule has 3 heterocycles. The monoisotopic (exact) mass is 353 g/mol. The fourth-order valence-electron chi connectivity index (χ4n) is 4.00. The minimum absolute atomic E-state index is 0.0348. The van der Waals surface area contributed by atoms with Gasteiger partial charge >= 0.3 is 0 Å². The molecule has 1 aromatic heterocycles. The summed E-state index contributed by atoms with van der Waals surface area (Å²) in [5.74, 6) is -0.179. The average molecular weight is 353 g/mol. The lowest BCUT2D eigenvalue weighted by molar-refractivity contribution is -0.146. The maximum absolute atomic E-state index is 13.4. The zero-order valence-corrected chi connectivity index (χ0v) is 14.8. The van der Waals surface area contributed by atoms with Gasteiger partial charge in [-0.2, -0.15) is 5.10 Å². The van der Waals surface area contributed by atoms with Gasteiger partial charge in [-0.05, 0) is 11.1 Å². The van der Waals surface area contributed by atoms with Crippen LogP contribution in [-0.4, -0.2) is 52.7 Å². The Hall–Kier alpha value is -2.67. The van der Waals surface area contributed by atoms with E-state index in [1.54, 1.807) is 9.58 Å². The van der Waals surface area contributed by atoms with E-state index in [1.807, 2.05) is 49.8 Å². The molecule has 4 rings (SSSR count). The number of hydrogen-bond donors (Lipinski definition) is 2. The van der Waals surface area contributed by atoms with Crippen LogP contribution in [0.3, 0.4) is 0 Å². The normalized spacial score (nSPS) is 26.0. The van der Waals surface area contributed by atoms with Crippen molar-refractivity contribution < 1.29 is 9.59 Å². The predicted octanol–water partition coefficient (Wildman–Crippen LogP) is 0.423. The fourth-order valence-corrected chi connectivity index (χ4v) is 4.00. The van der Waals surface area contributed by atoms with Crippen molar-refractivity contribution in [1.82, 2.24) is 25.3 Å². The summed E-state index contributed by atoms with van der Waals surface area (Å²) >= 11 is 0. The number of carbonyl (C=O) groups excluding carboxylic acids is 2. The van der Waals surface area contributed by atoms with Crippen molar-refractivity contribution in [2.45, 2.75) is 12.0 Å². The summed E-state index contributed by atoms with van der Waals surface area (Å²) in [7, 11) is 1.88. The molecular weight excluding hydrogens is 330 g/mol. The van der Waals surface area contributed by atoms with Crippen molar-refractivity contribution in [2.75, 3.05) is 26.2 Å². The van der Waals surface area contributed by atoms with Gasteiger partial charge in [0.05, 0.1) is 12.1 Å². The molecule has 1 aromatic carbocycles. The van der Waals surface area contributed by atoms with E-state index in [0.717, 1.165) is 17.7 Å². The van der Waals surface area contributed by atoms with Gasteiger partial charge in [0.1, 0.15) is 6.04 Å². The Morgan fingerprint density at radius 2 is 2.00 bits per heavy atom. The highest BCUT2D eigenvalue weighted by molar-refractivity contribution is 5.91. The molecule has 0 aliphatic carbocycles. The van der Waals surface area contributed by atoms with Gasteiger partial charge in [-0.1, -0.05) is 30.3 Å². The zero-order chi connectivity index (χ0) is 18.1. The largest absolute Gasteiger partial charge is 0.352 e. The number of piperazine rings is 1. The molecule has 2 aliphatic rings. The highest BCUT2D eigenvalue weighted by Gasteiger charge is 2.42. The first kappa shape index (κ1) is 16.8. The lowest BCUT2D eigenvalue weighted by atomic mass is 9.88. The fraction of sp³-hybridized carbons (Fsp3) is 0.421. The number of rotatable bonds is 3. The van der Waals surface area contributed by atoms with Crippen LogP contribution in [0, 0.1) is 5.92 Å². The van der Waals surface area contributed by atoms with Crippen LogP contribution in [0.4, 0.5) is 0 Å². The Balaban J connectivity index is 1.62.